The topological polar surface area (TPSA) is 74.2 Å². The first-order chi connectivity index (χ1) is 14.5. The van der Waals surface area contributed by atoms with E-state index in [-0.39, 0.29) is 11.9 Å². The van der Waals surface area contributed by atoms with E-state index in [4.69, 9.17) is 18.9 Å². The zero-order valence-corrected chi connectivity index (χ0v) is 17.7. The second-order valence-electron chi connectivity index (χ2n) is 7.63. The Labute approximate surface area is 180 Å². The number of carbonyl (C=O) groups excluding carboxylic acids is 1. The zero-order chi connectivity index (χ0) is 21.1. The van der Waals surface area contributed by atoms with Gasteiger partial charge in [-0.15, -0.1) is 11.8 Å². The average molecular weight is 431 g/mol. The van der Waals surface area contributed by atoms with E-state index in [2.05, 4.69) is 0 Å². The van der Waals surface area contributed by atoms with Gasteiger partial charge in [-0.3, -0.25) is 0 Å². The molecule has 0 saturated carbocycles. The summed E-state index contributed by atoms with van der Waals surface area (Å²) in [5.41, 5.74) is 0.741. The number of rotatable bonds is 5. The van der Waals surface area contributed by atoms with Crippen molar-refractivity contribution in [3.8, 4) is 0 Å². The minimum Gasteiger partial charge on any atom is -0.453 e. The minimum atomic E-state index is -1.03. The van der Waals surface area contributed by atoms with Gasteiger partial charge in [0.1, 0.15) is 23.7 Å². The summed E-state index contributed by atoms with van der Waals surface area (Å²) in [6, 6.07) is 18.3. The maximum absolute atomic E-state index is 12.7. The minimum absolute atomic E-state index is 0.231. The summed E-state index contributed by atoms with van der Waals surface area (Å²) >= 11 is 1.49. The molecular weight excluding hydrogens is 404 g/mol. The third-order valence-electron chi connectivity index (χ3n) is 5.04. The highest BCUT2D eigenvalue weighted by molar-refractivity contribution is 8.00. The summed E-state index contributed by atoms with van der Waals surface area (Å²) in [6.07, 6.45) is -3.60. The van der Waals surface area contributed by atoms with Gasteiger partial charge in [0.2, 0.25) is 0 Å². The van der Waals surface area contributed by atoms with E-state index in [9.17, 15) is 9.90 Å². The zero-order valence-electron chi connectivity index (χ0n) is 16.9. The Morgan fingerprint density at radius 2 is 1.73 bits per heavy atom. The highest BCUT2D eigenvalue weighted by Crippen LogP contribution is 2.39. The number of hydrogen-bond acceptors (Lipinski definition) is 7. The standard InChI is InChI=1S/C23H26O6S/c1-14(2)30-23-18(24)20(28-21(25)15-9-5-3-6-10-15)19-17(27-23)13-26-22(29-19)16-11-7-4-8-12-16/h3-12,14,17-20,22-24H,13H2,1-2H3/t17-,18-,19+,20-,22-,23+/m1/s1. The van der Waals surface area contributed by atoms with Crippen LogP contribution in [0.4, 0.5) is 0 Å². The van der Waals surface area contributed by atoms with E-state index in [0.29, 0.717) is 5.56 Å². The van der Waals surface area contributed by atoms with Gasteiger partial charge in [0.05, 0.1) is 12.2 Å². The fourth-order valence-corrected chi connectivity index (χ4v) is 4.68. The monoisotopic (exact) mass is 430 g/mol. The Balaban J connectivity index is 1.57. The van der Waals surface area contributed by atoms with Crippen LogP contribution < -0.4 is 0 Å². The average Bonchev–Trinajstić information content (AvgIpc) is 2.77. The van der Waals surface area contributed by atoms with Gasteiger partial charge >= 0.3 is 5.97 Å². The third kappa shape index (κ3) is 4.71. The summed E-state index contributed by atoms with van der Waals surface area (Å²) in [6.45, 7) is 4.33. The summed E-state index contributed by atoms with van der Waals surface area (Å²) in [4.78, 5) is 12.7. The molecular formula is C23H26O6S. The molecule has 2 aliphatic heterocycles. The molecule has 30 heavy (non-hydrogen) atoms. The van der Waals surface area contributed by atoms with Crippen molar-refractivity contribution >= 4 is 17.7 Å². The Bertz CT molecular complexity index is 830. The normalized spacial score (nSPS) is 31.2. The number of ether oxygens (including phenoxy) is 4. The number of esters is 1. The second kappa shape index (κ2) is 9.49. The molecule has 6 atom stereocenters. The molecule has 2 saturated heterocycles. The van der Waals surface area contributed by atoms with Crippen LogP contribution in [0, 0.1) is 0 Å². The molecule has 2 fully saturated rings. The van der Waals surface area contributed by atoms with E-state index >= 15 is 0 Å². The van der Waals surface area contributed by atoms with Crippen molar-refractivity contribution in [3.63, 3.8) is 0 Å². The Morgan fingerprint density at radius 3 is 2.40 bits per heavy atom. The van der Waals surface area contributed by atoms with Crippen LogP contribution in [0.15, 0.2) is 60.7 Å². The summed E-state index contributed by atoms with van der Waals surface area (Å²) in [5.74, 6) is -0.500. The number of benzene rings is 2. The highest BCUT2D eigenvalue weighted by atomic mass is 32.2. The van der Waals surface area contributed by atoms with Crippen LogP contribution in [0.5, 0.6) is 0 Å². The largest absolute Gasteiger partial charge is 0.453 e. The van der Waals surface area contributed by atoms with Crippen LogP contribution in [0.3, 0.4) is 0 Å². The van der Waals surface area contributed by atoms with Crippen LogP contribution >= 0.6 is 11.8 Å². The SMILES string of the molecule is CC(C)S[C@@H]1O[C@@H]2CO[C@@H](c3ccccc3)O[C@@H]2[C@H](OC(=O)c2ccccc2)[C@H]1O. The fraction of sp³-hybridized carbons (Fsp3) is 0.435. The molecule has 2 aromatic rings. The molecule has 4 rings (SSSR count). The summed E-state index contributed by atoms with van der Waals surface area (Å²) in [7, 11) is 0. The summed E-state index contributed by atoms with van der Waals surface area (Å²) < 4.78 is 23.9. The second-order valence-corrected chi connectivity index (χ2v) is 9.31. The van der Waals surface area contributed by atoms with Gasteiger partial charge in [0.15, 0.2) is 12.4 Å². The van der Waals surface area contributed by atoms with E-state index in [0.717, 1.165) is 5.56 Å². The molecule has 0 bridgehead atoms. The van der Waals surface area contributed by atoms with Gasteiger partial charge in [0.25, 0.3) is 0 Å². The number of thioether (sulfide) groups is 1. The fourth-order valence-electron chi connectivity index (χ4n) is 3.62. The number of aliphatic hydroxyl groups is 1. The quantitative estimate of drug-likeness (QED) is 0.727. The first-order valence-electron chi connectivity index (χ1n) is 10.1. The molecule has 2 aromatic carbocycles. The Kier molecular flexibility index (Phi) is 6.75. The molecule has 0 spiro atoms. The lowest BCUT2D eigenvalue weighted by Gasteiger charge is -2.47. The van der Waals surface area contributed by atoms with Gasteiger partial charge < -0.3 is 24.1 Å². The van der Waals surface area contributed by atoms with Crippen LogP contribution in [0.1, 0.15) is 36.1 Å². The first kappa shape index (κ1) is 21.3. The van der Waals surface area contributed by atoms with Crippen molar-refractivity contribution in [1.29, 1.82) is 0 Å². The van der Waals surface area contributed by atoms with Gasteiger partial charge in [-0.25, -0.2) is 4.79 Å². The predicted molar refractivity (Wildman–Crippen MR) is 113 cm³/mol. The van der Waals surface area contributed by atoms with Crippen molar-refractivity contribution in [3.05, 3.63) is 71.8 Å². The maximum Gasteiger partial charge on any atom is 0.338 e. The summed E-state index contributed by atoms with van der Waals surface area (Å²) in [5, 5.41) is 11.3. The smallest absolute Gasteiger partial charge is 0.338 e. The molecule has 0 aromatic heterocycles. The first-order valence-corrected chi connectivity index (χ1v) is 11.0. The van der Waals surface area contributed by atoms with E-state index < -0.39 is 42.1 Å². The molecule has 0 radical (unpaired) electrons. The van der Waals surface area contributed by atoms with Crippen molar-refractivity contribution < 1.29 is 28.8 Å². The molecule has 160 valence electrons. The van der Waals surface area contributed by atoms with Crippen molar-refractivity contribution in [1.82, 2.24) is 0 Å². The third-order valence-corrected chi connectivity index (χ3v) is 6.24. The van der Waals surface area contributed by atoms with Crippen LogP contribution in [-0.2, 0) is 18.9 Å². The van der Waals surface area contributed by atoms with E-state index in [1.165, 1.54) is 11.8 Å². The Hall–Kier alpha value is -1.90. The number of aliphatic hydroxyl groups excluding tert-OH is 1. The van der Waals surface area contributed by atoms with Crippen molar-refractivity contribution in [2.24, 2.45) is 0 Å². The van der Waals surface area contributed by atoms with Gasteiger partial charge in [-0.2, -0.15) is 0 Å². The number of carbonyl (C=O) groups is 1. The lowest BCUT2D eigenvalue weighted by Crippen LogP contribution is -2.62. The molecule has 7 heteroatoms. The van der Waals surface area contributed by atoms with E-state index in [1.54, 1.807) is 24.3 Å². The van der Waals surface area contributed by atoms with E-state index in [1.807, 2.05) is 50.2 Å². The lowest BCUT2D eigenvalue weighted by atomic mass is 9.98. The molecule has 2 heterocycles. The number of hydrogen-bond donors (Lipinski definition) is 1. The Morgan fingerprint density at radius 1 is 1.07 bits per heavy atom. The van der Waals surface area contributed by atoms with Gasteiger partial charge in [0, 0.05) is 10.8 Å². The maximum atomic E-state index is 12.7. The molecule has 2 aliphatic rings. The van der Waals surface area contributed by atoms with Crippen molar-refractivity contribution in [2.45, 2.75) is 55.2 Å². The van der Waals surface area contributed by atoms with Crippen LogP contribution in [0.25, 0.3) is 0 Å². The molecule has 1 N–H and O–H groups in total. The molecule has 0 aliphatic carbocycles. The molecule has 0 amide bonds. The van der Waals surface area contributed by atoms with Gasteiger partial charge in [-0.05, 0) is 12.1 Å². The predicted octanol–water partition coefficient (Wildman–Crippen LogP) is 3.55. The van der Waals surface area contributed by atoms with Crippen molar-refractivity contribution in [2.75, 3.05) is 6.61 Å². The lowest BCUT2D eigenvalue weighted by molar-refractivity contribution is -0.317. The highest BCUT2D eigenvalue weighted by Gasteiger charge is 2.51. The van der Waals surface area contributed by atoms with Crippen LogP contribution in [0.2, 0.25) is 0 Å². The van der Waals surface area contributed by atoms with Crippen LogP contribution in [-0.4, -0.2) is 52.8 Å². The molecule has 6 nitrogen and oxygen atoms in total. The molecule has 0 unspecified atom stereocenters. The van der Waals surface area contributed by atoms with Gasteiger partial charge in [-0.1, -0.05) is 62.4 Å². The number of fused-ring (bicyclic) bond motifs is 1.